The third kappa shape index (κ3) is 7.16. The van der Waals surface area contributed by atoms with Gasteiger partial charge in [0.15, 0.2) is 5.96 Å². The van der Waals surface area contributed by atoms with Gasteiger partial charge in [0.2, 0.25) is 0 Å². The molecule has 0 atom stereocenters. The Bertz CT molecular complexity index is 637. The maximum absolute atomic E-state index is 13.7. The summed E-state index contributed by atoms with van der Waals surface area (Å²) < 4.78 is 19.3. The fourth-order valence-corrected chi connectivity index (χ4v) is 2.36. The Morgan fingerprint density at radius 1 is 1.33 bits per heavy atom. The quantitative estimate of drug-likeness (QED) is 0.257. The Morgan fingerprint density at radius 2 is 2.17 bits per heavy atom. The highest BCUT2D eigenvalue weighted by atomic mass is 127. The highest BCUT2D eigenvalue weighted by Gasteiger charge is 2.03. The molecule has 24 heavy (non-hydrogen) atoms. The number of aliphatic imine (C=N–C) groups is 1. The van der Waals surface area contributed by atoms with E-state index < -0.39 is 0 Å². The molecule has 0 bridgehead atoms. The van der Waals surface area contributed by atoms with E-state index in [1.165, 1.54) is 12.3 Å². The van der Waals surface area contributed by atoms with Gasteiger partial charge >= 0.3 is 0 Å². The van der Waals surface area contributed by atoms with E-state index in [0.29, 0.717) is 25.5 Å². The van der Waals surface area contributed by atoms with Crippen molar-refractivity contribution in [2.75, 3.05) is 13.1 Å². The topological polar surface area (TPSA) is 62.5 Å². The summed E-state index contributed by atoms with van der Waals surface area (Å²) >= 11 is 3.26. The van der Waals surface area contributed by atoms with Gasteiger partial charge in [0.25, 0.3) is 0 Å². The van der Waals surface area contributed by atoms with E-state index in [1.54, 1.807) is 6.07 Å². The van der Waals surface area contributed by atoms with Crippen LogP contribution in [0.4, 0.5) is 4.39 Å². The first kappa shape index (κ1) is 20.9. The van der Waals surface area contributed by atoms with Crippen molar-refractivity contribution in [3.05, 3.63) is 52.1 Å². The van der Waals surface area contributed by atoms with Crippen LogP contribution in [0.1, 0.15) is 24.6 Å². The Kier molecular flexibility index (Phi) is 9.92. The number of aromatic nitrogens is 1. The zero-order valence-corrected chi connectivity index (χ0v) is 17.3. The number of nitrogens with one attached hydrogen (secondary N) is 2. The molecule has 0 spiro atoms. The first-order chi connectivity index (χ1) is 11.2. The van der Waals surface area contributed by atoms with Crippen molar-refractivity contribution in [3.8, 4) is 0 Å². The van der Waals surface area contributed by atoms with E-state index in [4.69, 9.17) is 4.52 Å². The molecular weight excluding hydrogens is 490 g/mol. The van der Waals surface area contributed by atoms with Crippen LogP contribution >= 0.6 is 39.9 Å². The molecule has 132 valence electrons. The van der Waals surface area contributed by atoms with E-state index in [0.717, 1.165) is 28.7 Å². The molecule has 5 nitrogen and oxygen atoms in total. The van der Waals surface area contributed by atoms with Gasteiger partial charge in [-0.15, -0.1) is 24.0 Å². The van der Waals surface area contributed by atoms with Crippen molar-refractivity contribution < 1.29 is 8.91 Å². The molecule has 0 radical (unpaired) electrons. The average Bonchev–Trinajstić information content (AvgIpc) is 3.04. The van der Waals surface area contributed by atoms with Gasteiger partial charge in [-0.3, -0.25) is 0 Å². The van der Waals surface area contributed by atoms with Gasteiger partial charge in [0.05, 0.1) is 6.54 Å². The molecule has 0 aliphatic carbocycles. The molecule has 0 aliphatic rings. The van der Waals surface area contributed by atoms with Crippen molar-refractivity contribution in [2.45, 2.75) is 26.3 Å². The lowest BCUT2D eigenvalue weighted by atomic mass is 10.1. The SMILES string of the molecule is CCNC(=NCc1ccon1)NCCCc1ccc(Br)cc1F.I. The first-order valence-electron chi connectivity index (χ1n) is 7.54. The minimum Gasteiger partial charge on any atom is -0.364 e. The molecule has 8 heteroatoms. The predicted octanol–water partition coefficient (Wildman–Crippen LogP) is 3.88. The molecule has 2 rings (SSSR count). The summed E-state index contributed by atoms with van der Waals surface area (Å²) in [7, 11) is 0. The number of nitrogens with zero attached hydrogens (tertiary/aromatic N) is 2. The van der Waals surface area contributed by atoms with E-state index in [1.807, 2.05) is 19.1 Å². The Labute approximate surface area is 166 Å². The van der Waals surface area contributed by atoms with Crippen molar-refractivity contribution in [1.29, 1.82) is 0 Å². The van der Waals surface area contributed by atoms with Crippen LogP contribution in [-0.2, 0) is 13.0 Å². The number of hydrogen-bond donors (Lipinski definition) is 2. The second-order valence-corrected chi connectivity index (χ2v) is 5.87. The molecule has 2 N–H and O–H groups in total. The second-order valence-electron chi connectivity index (χ2n) is 4.95. The van der Waals surface area contributed by atoms with E-state index >= 15 is 0 Å². The smallest absolute Gasteiger partial charge is 0.191 e. The van der Waals surface area contributed by atoms with Crippen LogP contribution in [0.15, 0.2) is 44.5 Å². The fraction of sp³-hybridized carbons (Fsp3) is 0.375. The monoisotopic (exact) mass is 510 g/mol. The number of rotatable bonds is 7. The summed E-state index contributed by atoms with van der Waals surface area (Å²) in [6, 6.07) is 6.94. The van der Waals surface area contributed by atoms with Crippen LogP contribution in [0.25, 0.3) is 0 Å². The number of hydrogen-bond acceptors (Lipinski definition) is 3. The molecule has 2 aromatic rings. The second kappa shape index (κ2) is 11.4. The van der Waals surface area contributed by atoms with Gasteiger partial charge in [-0.25, -0.2) is 9.38 Å². The zero-order chi connectivity index (χ0) is 16.5. The molecule has 1 aromatic heterocycles. The summed E-state index contributed by atoms with van der Waals surface area (Å²) in [5, 5.41) is 10.2. The lowest BCUT2D eigenvalue weighted by Gasteiger charge is -2.11. The summed E-state index contributed by atoms with van der Waals surface area (Å²) in [5.74, 6) is 0.540. The minimum absolute atomic E-state index is 0. The van der Waals surface area contributed by atoms with Gasteiger partial charge in [-0.1, -0.05) is 27.2 Å². The highest BCUT2D eigenvalue weighted by molar-refractivity contribution is 14.0. The van der Waals surface area contributed by atoms with Crippen LogP contribution < -0.4 is 10.6 Å². The lowest BCUT2D eigenvalue weighted by molar-refractivity contribution is 0.412. The summed E-state index contributed by atoms with van der Waals surface area (Å²) in [4.78, 5) is 4.42. The number of aryl methyl sites for hydroxylation is 1. The molecule has 0 saturated carbocycles. The largest absolute Gasteiger partial charge is 0.364 e. The maximum Gasteiger partial charge on any atom is 0.191 e. The Balaban J connectivity index is 0.00000288. The number of halogens is 3. The van der Waals surface area contributed by atoms with Crippen LogP contribution in [0.2, 0.25) is 0 Å². The van der Waals surface area contributed by atoms with Crippen LogP contribution in [-0.4, -0.2) is 24.2 Å². The van der Waals surface area contributed by atoms with Gasteiger partial charge < -0.3 is 15.2 Å². The zero-order valence-electron chi connectivity index (χ0n) is 13.4. The molecular formula is C16H21BrFIN4O. The van der Waals surface area contributed by atoms with Gasteiger partial charge in [0.1, 0.15) is 17.8 Å². The fourth-order valence-electron chi connectivity index (χ4n) is 2.03. The van der Waals surface area contributed by atoms with E-state index in [-0.39, 0.29) is 29.8 Å². The maximum atomic E-state index is 13.7. The summed E-state index contributed by atoms with van der Waals surface area (Å²) in [5.41, 5.74) is 1.50. The first-order valence-corrected chi connectivity index (χ1v) is 8.33. The third-order valence-electron chi connectivity index (χ3n) is 3.17. The Morgan fingerprint density at radius 3 is 2.83 bits per heavy atom. The Hall–Kier alpha value is -1.16. The standard InChI is InChI=1S/C16H20BrFN4O.HI/c1-2-19-16(21-11-14-7-9-23-22-14)20-8-3-4-12-5-6-13(17)10-15(12)18;/h5-7,9-10H,2-4,8,11H2,1H3,(H2,19,20,21);1H. The highest BCUT2D eigenvalue weighted by Crippen LogP contribution is 2.16. The molecule has 0 aliphatic heterocycles. The lowest BCUT2D eigenvalue weighted by Crippen LogP contribution is -2.37. The number of benzene rings is 1. The molecule has 1 aromatic carbocycles. The van der Waals surface area contributed by atoms with Crippen molar-refractivity contribution >= 4 is 45.9 Å². The third-order valence-corrected chi connectivity index (χ3v) is 3.66. The molecule has 0 amide bonds. The summed E-state index contributed by atoms with van der Waals surface area (Å²) in [6.07, 6.45) is 3.01. The molecule has 0 fully saturated rings. The van der Waals surface area contributed by atoms with Crippen molar-refractivity contribution in [1.82, 2.24) is 15.8 Å². The van der Waals surface area contributed by atoms with Crippen molar-refractivity contribution in [3.63, 3.8) is 0 Å². The van der Waals surface area contributed by atoms with Crippen molar-refractivity contribution in [2.24, 2.45) is 4.99 Å². The van der Waals surface area contributed by atoms with Gasteiger partial charge in [0, 0.05) is 23.6 Å². The predicted molar refractivity (Wildman–Crippen MR) is 107 cm³/mol. The molecule has 1 heterocycles. The molecule has 0 saturated heterocycles. The normalized spacial score (nSPS) is 11.0. The van der Waals surface area contributed by atoms with Crippen LogP contribution in [0, 0.1) is 5.82 Å². The number of guanidine groups is 1. The van der Waals surface area contributed by atoms with Gasteiger partial charge in [-0.05, 0) is 37.5 Å². The minimum atomic E-state index is -0.175. The molecule has 0 unspecified atom stereocenters. The van der Waals surface area contributed by atoms with Crippen LogP contribution in [0.5, 0.6) is 0 Å². The average molecular weight is 511 g/mol. The van der Waals surface area contributed by atoms with E-state index in [9.17, 15) is 4.39 Å². The van der Waals surface area contributed by atoms with Gasteiger partial charge in [-0.2, -0.15) is 0 Å². The summed E-state index contributed by atoms with van der Waals surface area (Å²) in [6.45, 7) is 3.93. The van der Waals surface area contributed by atoms with Crippen LogP contribution in [0.3, 0.4) is 0 Å². The van der Waals surface area contributed by atoms with E-state index in [2.05, 4.69) is 36.7 Å².